The Kier molecular flexibility index (Phi) is 3.29. The van der Waals surface area contributed by atoms with Gasteiger partial charge in [0.05, 0.1) is 5.69 Å². The predicted octanol–water partition coefficient (Wildman–Crippen LogP) is 1.88. The molecule has 16 heavy (non-hydrogen) atoms. The molecule has 3 nitrogen and oxygen atoms in total. The average molecular weight is 224 g/mol. The summed E-state index contributed by atoms with van der Waals surface area (Å²) < 4.78 is 18.6. The highest BCUT2D eigenvalue weighted by atomic mass is 19.1. The molecule has 0 atom stereocenters. The van der Waals surface area contributed by atoms with Crippen LogP contribution in [0.1, 0.15) is 12.8 Å². The average Bonchev–Trinajstić information content (AvgIpc) is 2.25. The van der Waals surface area contributed by atoms with E-state index in [1.165, 1.54) is 12.1 Å². The van der Waals surface area contributed by atoms with Crippen LogP contribution in [0.5, 0.6) is 5.75 Å². The van der Waals surface area contributed by atoms with E-state index in [9.17, 15) is 4.39 Å². The van der Waals surface area contributed by atoms with Gasteiger partial charge in [-0.05, 0) is 32.0 Å². The molecule has 0 aliphatic carbocycles. The first-order chi connectivity index (χ1) is 7.65. The van der Waals surface area contributed by atoms with Crippen molar-refractivity contribution in [2.75, 3.05) is 25.9 Å². The molecule has 1 saturated heterocycles. The van der Waals surface area contributed by atoms with E-state index < -0.39 is 0 Å². The molecular weight excluding hydrogens is 207 g/mol. The Morgan fingerprint density at radius 3 is 2.69 bits per heavy atom. The van der Waals surface area contributed by atoms with E-state index in [1.54, 1.807) is 6.07 Å². The van der Waals surface area contributed by atoms with E-state index >= 15 is 0 Å². The molecule has 2 N–H and O–H groups in total. The van der Waals surface area contributed by atoms with Gasteiger partial charge in [-0.1, -0.05) is 0 Å². The lowest BCUT2D eigenvalue weighted by atomic mass is 10.1. The number of halogens is 1. The lowest BCUT2D eigenvalue weighted by molar-refractivity contribution is 0.115. The van der Waals surface area contributed by atoms with Gasteiger partial charge in [0, 0.05) is 19.2 Å². The zero-order chi connectivity index (χ0) is 11.5. The molecule has 1 aromatic carbocycles. The number of nitrogens with zero attached hydrogens (tertiary/aromatic N) is 1. The molecule has 0 bridgehead atoms. The molecule has 0 saturated carbocycles. The first kappa shape index (κ1) is 11.2. The molecule has 1 fully saturated rings. The third-order valence-electron chi connectivity index (χ3n) is 2.93. The van der Waals surface area contributed by atoms with Crippen molar-refractivity contribution in [2.45, 2.75) is 18.9 Å². The summed E-state index contributed by atoms with van der Waals surface area (Å²) in [5.74, 6) is 0.268. The van der Waals surface area contributed by atoms with Gasteiger partial charge in [0.25, 0.3) is 0 Å². The molecule has 0 radical (unpaired) electrons. The normalized spacial score (nSPS) is 18.6. The first-order valence-electron chi connectivity index (χ1n) is 5.55. The molecule has 0 spiro atoms. The molecule has 2 rings (SSSR count). The van der Waals surface area contributed by atoms with E-state index in [1.807, 2.05) is 0 Å². The van der Waals surface area contributed by atoms with Crippen LogP contribution >= 0.6 is 0 Å². The maximum Gasteiger partial charge on any atom is 0.142 e. The number of ether oxygens (including phenoxy) is 1. The van der Waals surface area contributed by atoms with Gasteiger partial charge in [0.2, 0.25) is 0 Å². The summed E-state index contributed by atoms with van der Waals surface area (Å²) in [6.07, 6.45) is 2.18. The molecule has 4 heteroatoms. The van der Waals surface area contributed by atoms with Gasteiger partial charge in [-0.15, -0.1) is 0 Å². The van der Waals surface area contributed by atoms with Gasteiger partial charge >= 0.3 is 0 Å². The number of hydrogen-bond acceptors (Lipinski definition) is 3. The van der Waals surface area contributed by atoms with Gasteiger partial charge in [-0.3, -0.25) is 0 Å². The van der Waals surface area contributed by atoms with Crippen LogP contribution in [0.4, 0.5) is 10.1 Å². The molecule has 1 aromatic rings. The van der Waals surface area contributed by atoms with Crippen molar-refractivity contribution < 1.29 is 9.13 Å². The number of likely N-dealkylation sites (tertiary alicyclic amines) is 1. The standard InChI is InChI=1S/C12H17FN2O/c1-15-6-4-10(5-7-15)16-12-3-2-9(13)8-11(12)14/h2-3,8,10H,4-7,14H2,1H3. The van der Waals surface area contributed by atoms with Crippen LogP contribution in [0.15, 0.2) is 18.2 Å². The molecular formula is C12H17FN2O. The van der Waals surface area contributed by atoms with E-state index in [0.29, 0.717) is 11.4 Å². The Hall–Kier alpha value is -1.29. The fourth-order valence-corrected chi connectivity index (χ4v) is 1.91. The van der Waals surface area contributed by atoms with Crippen LogP contribution in [-0.2, 0) is 0 Å². The maximum atomic E-state index is 12.8. The van der Waals surface area contributed by atoms with Gasteiger partial charge < -0.3 is 15.4 Å². The summed E-state index contributed by atoms with van der Waals surface area (Å²) in [7, 11) is 2.10. The Morgan fingerprint density at radius 1 is 1.38 bits per heavy atom. The number of rotatable bonds is 2. The van der Waals surface area contributed by atoms with Crippen molar-refractivity contribution in [1.29, 1.82) is 0 Å². The summed E-state index contributed by atoms with van der Waals surface area (Å²) >= 11 is 0. The fourth-order valence-electron chi connectivity index (χ4n) is 1.91. The topological polar surface area (TPSA) is 38.5 Å². The molecule has 1 aliphatic rings. The first-order valence-corrected chi connectivity index (χ1v) is 5.55. The molecule has 0 amide bonds. The predicted molar refractivity (Wildman–Crippen MR) is 62.0 cm³/mol. The summed E-state index contributed by atoms with van der Waals surface area (Å²) in [5, 5.41) is 0. The molecule has 1 aliphatic heterocycles. The van der Waals surface area contributed by atoms with Gasteiger partial charge in [-0.25, -0.2) is 4.39 Å². The van der Waals surface area contributed by atoms with Crippen molar-refractivity contribution in [3.8, 4) is 5.75 Å². The Bertz CT molecular complexity index is 362. The van der Waals surface area contributed by atoms with Crippen LogP contribution in [0, 0.1) is 5.82 Å². The quantitative estimate of drug-likeness (QED) is 0.779. The number of anilines is 1. The summed E-state index contributed by atoms with van der Waals surface area (Å²) in [5.41, 5.74) is 6.06. The number of nitrogens with two attached hydrogens (primary N) is 1. The van der Waals surface area contributed by atoms with Crippen molar-refractivity contribution in [3.05, 3.63) is 24.0 Å². The number of benzene rings is 1. The second kappa shape index (κ2) is 4.70. The van der Waals surface area contributed by atoms with Crippen molar-refractivity contribution in [3.63, 3.8) is 0 Å². The summed E-state index contributed by atoms with van der Waals surface area (Å²) in [6, 6.07) is 4.27. The highest BCUT2D eigenvalue weighted by molar-refractivity contribution is 5.52. The minimum absolute atomic E-state index is 0.198. The lowest BCUT2D eigenvalue weighted by Gasteiger charge is -2.29. The zero-order valence-corrected chi connectivity index (χ0v) is 9.45. The lowest BCUT2D eigenvalue weighted by Crippen LogP contribution is -2.35. The highest BCUT2D eigenvalue weighted by Crippen LogP contribution is 2.25. The number of nitrogen functional groups attached to an aromatic ring is 1. The SMILES string of the molecule is CN1CCC(Oc2ccc(F)cc2N)CC1. The van der Waals surface area contributed by atoms with Gasteiger partial charge in [0.1, 0.15) is 17.7 Å². The molecule has 88 valence electrons. The van der Waals surface area contributed by atoms with Crippen LogP contribution < -0.4 is 10.5 Å². The van der Waals surface area contributed by atoms with Crippen LogP contribution in [0.2, 0.25) is 0 Å². The third-order valence-corrected chi connectivity index (χ3v) is 2.93. The summed E-state index contributed by atoms with van der Waals surface area (Å²) in [4.78, 5) is 2.27. The number of piperidine rings is 1. The van der Waals surface area contributed by atoms with E-state index in [0.717, 1.165) is 25.9 Å². The largest absolute Gasteiger partial charge is 0.488 e. The zero-order valence-electron chi connectivity index (χ0n) is 9.45. The van der Waals surface area contributed by atoms with Crippen molar-refractivity contribution in [2.24, 2.45) is 0 Å². The van der Waals surface area contributed by atoms with E-state index in [2.05, 4.69) is 11.9 Å². The highest BCUT2D eigenvalue weighted by Gasteiger charge is 2.18. The van der Waals surface area contributed by atoms with Crippen molar-refractivity contribution >= 4 is 5.69 Å². The smallest absolute Gasteiger partial charge is 0.142 e. The number of hydrogen-bond donors (Lipinski definition) is 1. The van der Waals surface area contributed by atoms with Gasteiger partial charge in [0.15, 0.2) is 0 Å². The van der Waals surface area contributed by atoms with Crippen molar-refractivity contribution in [1.82, 2.24) is 4.90 Å². The minimum atomic E-state index is -0.326. The molecule has 0 aromatic heterocycles. The molecule has 0 unspecified atom stereocenters. The van der Waals surface area contributed by atoms with Crippen LogP contribution in [-0.4, -0.2) is 31.1 Å². The van der Waals surface area contributed by atoms with E-state index in [-0.39, 0.29) is 11.9 Å². The van der Waals surface area contributed by atoms with Gasteiger partial charge in [-0.2, -0.15) is 0 Å². The van der Waals surface area contributed by atoms with Crippen LogP contribution in [0.25, 0.3) is 0 Å². The monoisotopic (exact) mass is 224 g/mol. The molecule has 1 heterocycles. The maximum absolute atomic E-state index is 12.8. The third kappa shape index (κ3) is 2.64. The minimum Gasteiger partial charge on any atom is -0.488 e. The Labute approximate surface area is 95.0 Å². The van der Waals surface area contributed by atoms with E-state index in [4.69, 9.17) is 10.5 Å². The Balaban J connectivity index is 1.98. The summed E-state index contributed by atoms with van der Waals surface area (Å²) in [6.45, 7) is 2.07. The second-order valence-electron chi connectivity index (χ2n) is 4.30. The second-order valence-corrected chi connectivity index (χ2v) is 4.30. The van der Waals surface area contributed by atoms with Crippen LogP contribution in [0.3, 0.4) is 0 Å². The Morgan fingerprint density at radius 2 is 2.06 bits per heavy atom. The fraction of sp³-hybridized carbons (Fsp3) is 0.500.